The van der Waals surface area contributed by atoms with Crippen molar-refractivity contribution < 1.29 is 18.9 Å². The zero-order chi connectivity index (χ0) is 16.3. The van der Waals surface area contributed by atoms with Crippen LogP contribution in [0.15, 0.2) is 6.20 Å². The van der Waals surface area contributed by atoms with Crippen molar-refractivity contribution in [3.8, 4) is 0 Å². The molecule has 1 aromatic rings. The van der Waals surface area contributed by atoms with E-state index in [9.17, 15) is 0 Å². The van der Waals surface area contributed by atoms with E-state index in [0.717, 1.165) is 5.69 Å². The molecule has 1 heterocycles. The summed E-state index contributed by atoms with van der Waals surface area (Å²) in [5, 5.41) is 8.26. The lowest BCUT2D eigenvalue weighted by molar-refractivity contribution is 0.00244. The summed E-state index contributed by atoms with van der Waals surface area (Å²) >= 11 is 0. The summed E-state index contributed by atoms with van der Waals surface area (Å²) in [5.41, 5.74) is 1.02. The van der Waals surface area contributed by atoms with E-state index >= 15 is 0 Å². The number of rotatable bonds is 12. The van der Waals surface area contributed by atoms with Gasteiger partial charge in [0.05, 0.1) is 58.5 Å². The van der Waals surface area contributed by atoms with Crippen molar-refractivity contribution in [3.63, 3.8) is 0 Å². The summed E-state index contributed by atoms with van der Waals surface area (Å²) in [7, 11) is 1.65. The average molecular weight is 315 g/mol. The number of ether oxygens (including phenoxy) is 4. The highest BCUT2D eigenvalue weighted by molar-refractivity contribution is 5.06. The van der Waals surface area contributed by atoms with Gasteiger partial charge in [-0.1, -0.05) is 26.0 Å². The van der Waals surface area contributed by atoms with Gasteiger partial charge in [-0.2, -0.15) is 0 Å². The Kier molecular flexibility index (Phi) is 9.22. The van der Waals surface area contributed by atoms with Gasteiger partial charge in [0.15, 0.2) is 0 Å². The molecule has 0 spiro atoms. The van der Waals surface area contributed by atoms with Crippen molar-refractivity contribution in [1.29, 1.82) is 0 Å². The van der Waals surface area contributed by atoms with Gasteiger partial charge in [-0.25, -0.2) is 4.68 Å². The fraction of sp³-hybridized carbons (Fsp3) is 0.867. The molecule has 0 N–H and O–H groups in total. The summed E-state index contributed by atoms with van der Waals surface area (Å²) in [6, 6.07) is 0. The molecule has 0 aliphatic rings. The molecular weight excluding hydrogens is 286 g/mol. The van der Waals surface area contributed by atoms with Crippen molar-refractivity contribution in [1.82, 2.24) is 15.0 Å². The maximum Gasteiger partial charge on any atom is 0.0880 e. The number of nitrogens with zero attached hydrogens (tertiary/aromatic N) is 3. The fourth-order valence-electron chi connectivity index (χ4n) is 1.59. The Hall–Kier alpha value is -1.02. The van der Waals surface area contributed by atoms with Gasteiger partial charge < -0.3 is 18.9 Å². The van der Waals surface area contributed by atoms with E-state index in [4.69, 9.17) is 18.9 Å². The van der Waals surface area contributed by atoms with Crippen LogP contribution in [-0.2, 0) is 30.9 Å². The van der Waals surface area contributed by atoms with Crippen LogP contribution in [0.25, 0.3) is 0 Å². The van der Waals surface area contributed by atoms with Crippen molar-refractivity contribution in [2.75, 3.05) is 53.4 Å². The first kappa shape index (κ1) is 19.0. The summed E-state index contributed by atoms with van der Waals surface area (Å²) in [6.45, 7) is 11.2. The van der Waals surface area contributed by atoms with Crippen LogP contribution in [0.4, 0.5) is 0 Å². The molecular formula is C15H29N3O4. The molecule has 1 aromatic heterocycles. The number of hydrogen-bond acceptors (Lipinski definition) is 6. The molecule has 0 fully saturated rings. The predicted molar refractivity (Wildman–Crippen MR) is 83.1 cm³/mol. The summed E-state index contributed by atoms with van der Waals surface area (Å²) < 4.78 is 22.9. The highest BCUT2D eigenvalue weighted by atomic mass is 16.6. The Balaban J connectivity index is 1.94. The van der Waals surface area contributed by atoms with Gasteiger partial charge in [-0.15, -0.1) is 5.10 Å². The van der Waals surface area contributed by atoms with Gasteiger partial charge in [0.1, 0.15) is 0 Å². The van der Waals surface area contributed by atoms with E-state index in [1.165, 1.54) is 0 Å². The Bertz CT molecular complexity index is 390. The molecule has 7 nitrogen and oxygen atoms in total. The lowest BCUT2D eigenvalue weighted by Crippen LogP contribution is -2.13. The van der Waals surface area contributed by atoms with Gasteiger partial charge in [0.25, 0.3) is 0 Å². The topological polar surface area (TPSA) is 67.6 Å². The second-order valence-corrected chi connectivity index (χ2v) is 5.95. The SMILES string of the molecule is COCCOCCOCCOCCn1cc(C(C)(C)C)nn1. The first-order valence-electron chi connectivity index (χ1n) is 7.67. The molecule has 0 aliphatic heterocycles. The molecule has 0 bridgehead atoms. The third kappa shape index (κ3) is 8.43. The Morgan fingerprint density at radius 3 is 1.95 bits per heavy atom. The fourth-order valence-corrected chi connectivity index (χ4v) is 1.59. The smallest absolute Gasteiger partial charge is 0.0880 e. The molecule has 22 heavy (non-hydrogen) atoms. The minimum absolute atomic E-state index is 0.0261. The first-order valence-corrected chi connectivity index (χ1v) is 7.67. The van der Waals surface area contributed by atoms with Crippen molar-refractivity contribution in [2.24, 2.45) is 0 Å². The number of hydrogen-bond donors (Lipinski definition) is 0. The number of methoxy groups -OCH3 is 1. The second kappa shape index (κ2) is 10.7. The van der Waals surface area contributed by atoms with Crippen LogP contribution in [0.5, 0.6) is 0 Å². The third-order valence-corrected chi connectivity index (χ3v) is 2.95. The zero-order valence-corrected chi connectivity index (χ0v) is 14.2. The number of aromatic nitrogens is 3. The molecule has 128 valence electrons. The minimum Gasteiger partial charge on any atom is -0.382 e. The highest BCUT2D eigenvalue weighted by Crippen LogP contribution is 2.18. The second-order valence-electron chi connectivity index (χ2n) is 5.95. The van der Waals surface area contributed by atoms with E-state index in [1.54, 1.807) is 7.11 Å². The molecule has 0 unspecified atom stereocenters. The minimum atomic E-state index is 0.0261. The Labute approximate surface area is 132 Å². The normalized spacial score (nSPS) is 12.0. The quantitative estimate of drug-likeness (QED) is 0.541. The molecule has 0 aliphatic carbocycles. The van der Waals surface area contributed by atoms with E-state index in [0.29, 0.717) is 52.8 Å². The predicted octanol–water partition coefficient (Wildman–Crippen LogP) is 1.27. The molecule has 0 atom stereocenters. The molecule has 0 saturated carbocycles. The van der Waals surface area contributed by atoms with Crippen molar-refractivity contribution in [3.05, 3.63) is 11.9 Å². The summed E-state index contributed by atoms with van der Waals surface area (Å²) in [6.07, 6.45) is 1.97. The maximum atomic E-state index is 5.50. The summed E-state index contributed by atoms with van der Waals surface area (Å²) in [5.74, 6) is 0. The van der Waals surface area contributed by atoms with E-state index < -0.39 is 0 Å². The van der Waals surface area contributed by atoms with Crippen LogP contribution in [-0.4, -0.2) is 68.4 Å². The standard InChI is InChI=1S/C15H29N3O4/c1-15(2,3)14-13-18(17-16-14)5-6-20-9-10-22-12-11-21-8-7-19-4/h13H,5-12H2,1-4H3. The van der Waals surface area contributed by atoms with Gasteiger partial charge in [-0.05, 0) is 0 Å². The summed E-state index contributed by atoms with van der Waals surface area (Å²) in [4.78, 5) is 0. The largest absolute Gasteiger partial charge is 0.382 e. The molecule has 0 radical (unpaired) electrons. The van der Waals surface area contributed by atoms with Crippen LogP contribution >= 0.6 is 0 Å². The molecule has 7 heteroatoms. The van der Waals surface area contributed by atoms with Crippen LogP contribution in [0, 0.1) is 0 Å². The molecule has 1 rings (SSSR count). The Morgan fingerprint density at radius 2 is 1.45 bits per heavy atom. The van der Waals surface area contributed by atoms with Crippen LogP contribution in [0.1, 0.15) is 26.5 Å². The maximum absolute atomic E-state index is 5.50. The lowest BCUT2D eigenvalue weighted by atomic mass is 9.93. The van der Waals surface area contributed by atoms with E-state index in [1.807, 2.05) is 10.9 Å². The van der Waals surface area contributed by atoms with E-state index in [2.05, 4.69) is 31.1 Å². The average Bonchev–Trinajstić information content (AvgIpc) is 2.94. The van der Waals surface area contributed by atoms with Gasteiger partial charge in [0.2, 0.25) is 0 Å². The van der Waals surface area contributed by atoms with Crippen molar-refractivity contribution >= 4 is 0 Å². The van der Waals surface area contributed by atoms with Crippen LogP contribution in [0.3, 0.4) is 0 Å². The zero-order valence-electron chi connectivity index (χ0n) is 14.2. The monoisotopic (exact) mass is 315 g/mol. The van der Waals surface area contributed by atoms with Gasteiger partial charge in [0, 0.05) is 18.7 Å². The third-order valence-electron chi connectivity index (χ3n) is 2.95. The molecule has 0 aromatic carbocycles. The van der Waals surface area contributed by atoms with E-state index in [-0.39, 0.29) is 5.41 Å². The lowest BCUT2D eigenvalue weighted by Gasteiger charge is -2.12. The Morgan fingerprint density at radius 1 is 0.909 bits per heavy atom. The molecule has 0 saturated heterocycles. The van der Waals surface area contributed by atoms with Crippen LogP contribution < -0.4 is 0 Å². The van der Waals surface area contributed by atoms with Gasteiger partial charge in [-0.3, -0.25) is 0 Å². The van der Waals surface area contributed by atoms with Crippen molar-refractivity contribution in [2.45, 2.75) is 32.7 Å². The van der Waals surface area contributed by atoms with Gasteiger partial charge >= 0.3 is 0 Å². The van der Waals surface area contributed by atoms with Crippen LogP contribution in [0.2, 0.25) is 0 Å². The highest BCUT2D eigenvalue weighted by Gasteiger charge is 2.17. The first-order chi connectivity index (χ1) is 10.5. The molecule has 0 amide bonds.